The third kappa shape index (κ3) is 2.08. The highest BCUT2D eigenvalue weighted by Crippen LogP contribution is 2.31. The number of benzene rings is 2. The fourth-order valence-electron chi connectivity index (χ4n) is 2.41. The second kappa shape index (κ2) is 4.82. The summed E-state index contributed by atoms with van der Waals surface area (Å²) in [6.45, 7) is 3.15. The van der Waals surface area contributed by atoms with E-state index in [9.17, 15) is 4.21 Å². The molecular formula is C15H17NOS. The van der Waals surface area contributed by atoms with Crippen molar-refractivity contribution in [2.45, 2.75) is 30.7 Å². The van der Waals surface area contributed by atoms with Crippen molar-refractivity contribution < 1.29 is 4.21 Å². The van der Waals surface area contributed by atoms with Gasteiger partial charge in [-0.3, -0.25) is 0 Å². The van der Waals surface area contributed by atoms with Gasteiger partial charge in [0, 0.05) is 12.6 Å². The van der Waals surface area contributed by atoms with Crippen LogP contribution in [-0.4, -0.2) is 21.1 Å². The van der Waals surface area contributed by atoms with Gasteiger partial charge in [0.05, 0.1) is 4.90 Å². The highest BCUT2D eigenvalue weighted by Gasteiger charge is 2.38. The number of fused-ring (bicyclic) bond motifs is 1. The molecule has 0 aromatic heterocycles. The average Bonchev–Trinajstić information content (AvgIpc) is 3.17. The number of rotatable bonds is 4. The van der Waals surface area contributed by atoms with E-state index in [0.717, 1.165) is 35.1 Å². The summed E-state index contributed by atoms with van der Waals surface area (Å²) in [6, 6.07) is 14.7. The molecule has 0 radical (unpaired) electrons. The second-order valence-electron chi connectivity index (χ2n) is 4.77. The fraction of sp³-hybridized carbons (Fsp3) is 0.333. The maximum absolute atomic E-state index is 12.5. The summed E-state index contributed by atoms with van der Waals surface area (Å²) in [5.74, 6) is 0. The van der Waals surface area contributed by atoms with Gasteiger partial charge in [0.15, 0.2) is 0 Å². The topological polar surface area (TPSA) is 20.1 Å². The van der Waals surface area contributed by atoms with Gasteiger partial charge in [0.25, 0.3) is 0 Å². The summed E-state index contributed by atoms with van der Waals surface area (Å²) in [7, 11) is -0.997. The highest BCUT2D eigenvalue weighted by molar-refractivity contribution is 7.83. The monoisotopic (exact) mass is 259 g/mol. The zero-order chi connectivity index (χ0) is 12.5. The van der Waals surface area contributed by atoms with Crippen LogP contribution in [0.1, 0.15) is 19.8 Å². The highest BCUT2D eigenvalue weighted by atomic mass is 32.2. The number of hydrogen-bond acceptors (Lipinski definition) is 1. The first kappa shape index (κ1) is 11.9. The first-order chi connectivity index (χ1) is 8.81. The van der Waals surface area contributed by atoms with Gasteiger partial charge < -0.3 is 0 Å². The Bertz CT molecular complexity index is 591. The van der Waals surface area contributed by atoms with Crippen LogP contribution in [0, 0.1) is 0 Å². The Morgan fingerprint density at radius 3 is 2.83 bits per heavy atom. The van der Waals surface area contributed by atoms with Gasteiger partial charge in [-0.25, -0.2) is 8.51 Å². The first-order valence-electron chi connectivity index (χ1n) is 6.47. The fourth-order valence-corrected chi connectivity index (χ4v) is 3.91. The van der Waals surface area contributed by atoms with Crippen LogP contribution in [0.25, 0.3) is 10.8 Å². The minimum absolute atomic E-state index is 0.523. The quantitative estimate of drug-likeness (QED) is 0.771. The summed E-state index contributed by atoms with van der Waals surface area (Å²) in [6.07, 6.45) is 2.31. The molecule has 2 aromatic rings. The molecule has 0 bridgehead atoms. The second-order valence-corrected chi connectivity index (χ2v) is 6.18. The molecule has 3 heteroatoms. The Morgan fingerprint density at radius 2 is 2.00 bits per heavy atom. The Hall–Kier alpha value is -1.19. The summed E-state index contributed by atoms with van der Waals surface area (Å²) in [5.41, 5.74) is 0. The van der Waals surface area contributed by atoms with E-state index in [1.807, 2.05) is 24.3 Å². The molecule has 0 spiro atoms. The molecule has 1 aliphatic rings. The van der Waals surface area contributed by atoms with Gasteiger partial charge in [0.1, 0.15) is 11.0 Å². The molecule has 94 valence electrons. The van der Waals surface area contributed by atoms with Gasteiger partial charge in [-0.15, -0.1) is 0 Å². The van der Waals surface area contributed by atoms with E-state index in [1.165, 1.54) is 0 Å². The van der Waals surface area contributed by atoms with Crippen LogP contribution in [0.15, 0.2) is 47.4 Å². The molecule has 3 rings (SSSR count). The van der Waals surface area contributed by atoms with Gasteiger partial charge in [-0.1, -0.05) is 49.7 Å². The smallest absolute Gasteiger partial charge is 0.128 e. The molecular weight excluding hydrogens is 242 g/mol. The Kier molecular flexibility index (Phi) is 3.18. The number of nitrogens with zero attached hydrogens (tertiary/aromatic N) is 1. The van der Waals surface area contributed by atoms with E-state index in [2.05, 4.69) is 29.4 Å². The van der Waals surface area contributed by atoms with E-state index in [4.69, 9.17) is 0 Å². The van der Waals surface area contributed by atoms with Crippen LogP contribution in [0.3, 0.4) is 0 Å². The Balaban J connectivity index is 1.93. The van der Waals surface area contributed by atoms with Gasteiger partial charge >= 0.3 is 0 Å². The lowest BCUT2D eigenvalue weighted by Gasteiger charge is -2.07. The lowest BCUT2D eigenvalue weighted by Crippen LogP contribution is -2.07. The van der Waals surface area contributed by atoms with Crippen molar-refractivity contribution in [1.29, 1.82) is 0 Å². The van der Waals surface area contributed by atoms with Crippen molar-refractivity contribution in [1.82, 2.24) is 4.31 Å². The molecule has 2 nitrogen and oxygen atoms in total. The zero-order valence-electron chi connectivity index (χ0n) is 10.5. The largest absolute Gasteiger partial charge is 0.237 e. The van der Waals surface area contributed by atoms with E-state index in [-0.39, 0.29) is 0 Å². The van der Waals surface area contributed by atoms with E-state index < -0.39 is 11.0 Å². The van der Waals surface area contributed by atoms with Gasteiger partial charge in [-0.05, 0) is 23.3 Å². The van der Waals surface area contributed by atoms with E-state index >= 15 is 0 Å². The van der Waals surface area contributed by atoms with Crippen molar-refractivity contribution in [2.75, 3.05) is 6.54 Å². The van der Waals surface area contributed by atoms with Gasteiger partial charge in [-0.2, -0.15) is 0 Å². The molecule has 1 heterocycles. The first-order valence-corrected chi connectivity index (χ1v) is 7.58. The third-order valence-electron chi connectivity index (χ3n) is 3.44. The maximum Gasteiger partial charge on any atom is 0.128 e. The molecule has 0 aliphatic carbocycles. The minimum atomic E-state index is -0.997. The molecule has 1 fully saturated rings. The summed E-state index contributed by atoms with van der Waals surface area (Å²) in [4.78, 5) is 0.951. The van der Waals surface area contributed by atoms with E-state index in [1.54, 1.807) is 0 Å². The molecule has 18 heavy (non-hydrogen) atoms. The number of hydrogen-bond donors (Lipinski definition) is 0. The normalized spacial score (nSPS) is 24.1. The summed E-state index contributed by atoms with van der Waals surface area (Å²) < 4.78 is 14.6. The van der Waals surface area contributed by atoms with Crippen molar-refractivity contribution in [3.05, 3.63) is 42.5 Å². The van der Waals surface area contributed by atoms with Crippen molar-refractivity contribution in [2.24, 2.45) is 0 Å². The molecule has 0 saturated carbocycles. The SMILES string of the molecule is CCCC1CN1[S@@](=O)c1cccc2ccccc12. The molecule has 0 amide bonds. The zero-order valence-corrected chi connectivity index (χ0v) is 11.3. The van der Waals surface area contributed by atoms with Crippen LogP contribution in [0.5, 0.6) is 0 Å². The van der Waals surface area contributed by atoms with Crippen LogP contribution in [-0.2, 0) is 11.0 Å². The molecule has 1 saturated heterocycles. The summed E-state index contributed by atoms with van der Waals surface area (Å²) in [5, 5.41) is 2.28. The van der Waals surface area contributed by atoms with Crippen LogP contribution < -0.4 is 0 Å². The van der Waals surface area contributed by atoms with Crippen molar-refractivity contribution in [3.63, 3.8) is 0 Å². The molecule has 2 unspecified atom stereocenters. The van der Waals surface area contributed by atoms with E-state index in [0.29, 0.717) is 6.04 Å². The Morgan fingerprint density at radius 1 is 1.22 bits per heavy atom. The molecule has 3 atom stereocenters. The predicted molar refractivity (Wildman–Crippen MR) is 75.8 cm³/mol. The lowest BCUT2D eigenvalue weighted by atomic mass is 10.1. The predicted octanol–water partition coefficient (Wildman–Crippen LogP) is 3.35. The molecule has 2 aromatic carbocycles. The third-order valence-corrected chi connectivity index (χ3v) is 5.04. The minimum Gasteiger partial charge on any atom is -0.237 e. The molecule has 1 aliphatic heterocycles. The van der Waals surface area contributed by atoms with Crippen LogP contribution in [0.4, 0.5) is 0 Å². The van der Waals surface area contributed by atoms with Gasteiger partial charge in [0.2, 0.25) is 0 Å². The summed E-state index contributed by atoms with van der Waals surface area (Å²) >= 11 is 0. The van der Waals surface area contributed by atoms with Crippen molar-refractivity contribution in [3.8, 4) is 0 Å². The lowest BCUT2D eigenvalue weighted by molar-refractivity contribution is 0.629. The maximum atomic E-state index is 12.5. The van der Waals surface area contributed by atoms with Crippen LogP contribution in [0.2, 0.25) is 0 Å². The average molecular weight is 259 g/mol. The standard InChI is InChI=1S/C15H17NOS/c1-2-6-13-11-16(13)18(17)15-10-5-8-12-7-3-4-9-14(12)15/h3-5,7-10,13H,2,6,11H2,1H3/t13?,16?,18-/m0/s1. The van der Waals surface area contributed by atoms with Crippen molar-refractivity contribution >= 4 is 21.8 Å². The van der Waals surface area contributed by atoms with Crippen LogP contribution >= 0.6 is 0 Å². The Labute approximate surface area is 110 Å². The molecule has 0 N–H and O–H groups in total.